The van der Waals surface area contributed by atoms with Gasteiger partial charge in [-0.05, 0) is 40.5 Å². The summed E-state index contributed by atoms with van der Waals surface area (Å²) in [6.07, 6.45) is 0.698. The third-order valence-corrected chi connectivity index (χ3v) is 3.21. The van der Waals surface area contributed by atoms with Gasteiger partial charge in [0.05, 0.1) is 13.7 Å². The molecule has 0 radical (unpaired) electrons. The number of ether oxygens (including phenoxy) is 2. The molecule has 110 valence electrons. The number of rotatable bonds is 1. The molecule has 2 unspecified atom stereocenters. The zero-order chi connectivity index (χ0) is 14.8. The first kappa shape index (κ1) is 15.8. The van der Waals surface area contributed by atoms with Gasteiger partial charge in [0.25, 0.3) is 0 Å². The van der Waals surface area contributed by atoms with Gasteiger partial charge in [-0.15, -0.1) is 0 Å². The molecule has 19 heavy (non-hydrogen) atoms. The van der Waals surface area contributed by atoms with Gasteiger partial charge in [-0.2, -0.15) is 0 Å². The quantitative estimate of drug-likeness (QED) is 0.727. The molecule has 0 aromatic rings. The molecule has 2 N–H and O–H groups in total. The number of esters is 1. The van der Waals surface area contributed by atoms with Crippen molar-refractivity contribution in [3.63, 3.8) is 0 Å². The van der Waals surface area contributed by atoms with Crippen LogP contribution in [0.15, 0.2) is 0 Å². The van der Waals surface area contributed by atoms with Crippen LogP contribution in [0.2, 0.25) is 0 Å². The number of hydrogen-bond donors (Lipinski definition) is 1. The summed E-state index contributed by atoms with van der Waals surface area (Å²) in [7, 11) is 1.30. The highest BCUT2D eigenvalue weighted by Gasteiger charge is 2.44. The zero-order valence-corrected chi connectivity index (χ0v) is 12.4. The molecule has 0 aromatic heterocycles. The fourth-order valence-corrected chi connectivity index (χ4v) is 2.10. The van der Waals surface area contributed by atoms with Crippen LogP contribution in [0.5, 0.6) is 0 Å². The van der Waals surface area contributed by atoms with E-state index in [0.29, 0.717) is 12.8 Å². The van der Waals surface area contributed by atoms with Crippen LogP contribution in [-0.4, -0.2) is 47.8 Å². The fraction of sp³-hybridized carbons (Fsp3) is 0.846. The minimum absolute atomic E-state index is 0.00354. The molecule has 1 aliphatic heterocycles. The summed E-state index contributed by atoms with van der Waals surface area (Å²) in [6, 6.07) is -0.00354. The summed E-state index contributed by atoms with van der Waals surface area (Å²) in [5.74, 6) is -0.493. The second kappa shape index (κ2) is 5.36. The average Bonchev–Trinajstić information content (AvgIpc) is 2.29. The van der Waals surface area contributed by atoms with Gasteiger partial charge >= 0.3 is 12.1 Å². The highest BCUT2D eigenvalue weighted by Crippen LogP contribution is 2.26. The van der Waals surface area contributed by atoms with Crippen molar-refractivity contribution in [2.45, 2.75) is 57.7 Å². The van der Waals surface area contributed by atoms with Crippen LogP contribution < -0.4 is 5.73 Å². The first-order chi connectivity index (χ1) is 8.59. The normalized spacial score (nSPS) is 27.9. The summed E-state index contributed by atoms with van der Waals surface area (Å²) in [5, 5.41) is 0. The molecule has 1 aliphatic rings. The van der Waals surface area contributed by atoms with Crippen molar-refractivity contribution in [1.82, 2.24) is 4.90 Å². The van der Waals surface area contributed by atoms with E-state index in [0.717, 1.165) is 0 Å². The lowest BCUT2D eigenvalue weighted by Crippen LogP contribution is -2.63. The molecular formula is C13H24N2O4. The number of piperidine rings is 1. The number of methoxy groups -OCH3 is 1. The molecular weight excluding hydrogens is 248 g/mol. The van der Waals surface area contributed by atoms with Crippen LogP contribution in [0.25, 0.3) is 0 Å². The number of amides is 1. The molecule has 6 heteroatoms. The molecule has 0 aromatic carbocycles. The Kier molecular flexibility index (Phi) is 4.45. The Hall–Kier alpha value is -1.30. The maximum Gasteiger partial charge on any atom is 0.410 e. The van der Waals surface area contributed by atoms with Gasteiger partial charge in [0.2, 0.25) is 0 Å². The number of hydrogen-bond acceptors (Lipinski definition) is 5. The van der Waals surface area contributed by atoms with Crippen molar-refractivity contribution in [1.29, 1.82) is 0 Å². The molecule has 0 aliphatic carbocycles. The van der Waals surface area contributed by atoms with E-state index in [4.69, 9.17) is 15.2 Å². The van der Waals surface area contributed by atoms with Crippen molar-refractivity contribution >= 4 is 12.1 Å². The number of nitrogens with two attached hydrogens (primary N) is 1. The smallest absolute Gasteiger partial charge is 0.410 e. The topological polar surface area (TPSA) is 81.9 Å². The minimum Gasteiger partial charge on any atom is -0.468 e. The third-order valence-electron chi connectivity index (χ3n) is 3.21. The van der Waals surface area contributed by atoms with Crippen LogP contribution in [0.3, 0.4) is 0 Å². The second-order valence-corrected chi connectivity index (χ2v) is 6.14. The third kappa shape index (κ3) is 3.83. The maximum atomic E-state index is 12.1. The Bertz CT molecular complexity index is 364. The zero-order valence-electron chi connectivity index (χ0n) is 12.4. The lowest BCUT2D eigenvalue weighted by molar-refractivity contribution is -0.149. The Morgan fingerprint density at radius 1 is 1.37 bits per heavy atom. The number of likely N-dealkylation sites (tertiary alicyclic amines) is 1. The van der Waals surface area contributed by atoms with Crippen LogP contribution >= 0.6 is 0 Å². The summed E-state index contributed by atoms with van der Waals surface area (Å²) in [5.41, 5.74) is 4.33. The van der Waals surface area contributed by atoms with Crippen molar-refractivity contribution in [2.24, 2.45) is 5.73 Å². The van der Waals surface area contributed by atoms with Crippen LogP contribution in [0.1, 0.15) is 40.5 Å². The van der Waals surface area contributed by atoms with Crippen LogP contribution in [0.4, 0.5) is 4.79 Å². The minimum atomic E-state index is -1.14. The fourth-order valence-electron chi connectivity index (χ4n) is 2.10. The summed E-state index contributed by atoms with van der Waals surface area (Å²) < 4.78 is 10.0. The maximum absolute atomic E-state index is 12.1. The highest BCUT2D eigenvalue weighted by molar-refractivity contribution is 5.82. The van der Waals surface area contributed by atoms with Gasteiger partial charge < -0.3 is 20.1 Å². The van der Waals surface area contributed by atoms with Gasteiger partial charge in [0.15, 0.2) is 0 Å². The number of carbonyl (C=O) groups excluding carboxylic acids is 2. The highest BCUT2D eigenvalue weighted by atomic mass is 16.6. The van der Waals surface area contributed by atoms with Gasteiger partial charge in [-0.3, -0.25) is 0 Å². The van der Waals surface area contributed by atoms with E-state index in [1.807, 2.05) is 6.92 Å². The molecule has 6 nitrogen and oxygen atoms in total. The van der Waals surface area contributed by atoms with Crippen molar-refractivity contribution in [3.05, 3.63) is 0 Å². The van der Waals surface area contributed by atoms with Gasteiger partial charge in [-0.25, -0.2) is 9.59 Å². The van der Waals surface area contributed by atoms with Crippen LogP contribution in [0, 0.1) is 0 Å². The standard InChI is InChI=1S/C13H24N2O4/c1-9-6-7-13(14,10(16)18-5)8-15(9)11(17)19-12(2,3)4/h9H,6-8,14H2,1-5H3. The lowest BCUT2D eigenvalue weighted by Gasteiger charge is -2.42. The molecule has 2 atom stereocenters. The SMILES string of the molecule is COC(=O)C1(N)CCC(C)N(C(=O)OC(C)(C)C)C1. The predicted molar refractivity (Wildman–Crippen MR) is 70.6 cm³/mol. The molecule has 1 saturated heterocycles. The van der Waals surface area contributed by atoms with Crippen molar-refractivity contribution in [2.75, 3.05) is 13.7 Å². The van der Waals surface area contributed by atoms with E-state index >= 15 is 0 Å². The second-order valence-electron chi connectivity index (χ2n) is 6.14. The van der Waals surface area contributed by atoms with Crippen LogP contribution in [-0.2, 0) is 14.3 Å². The van der Waals surface area contributed by atoms with Crippen molar-refractivity contribution in [3.8, 4) is 0 Å². The molecule has 1 rings (SSSR count). The lowest BCUT2D eigenvalue weighted by atomic mass is 9.87. The Labute approximate surface area is 114 Å². The van der Waals surface area contributed by atoms with Crippen molar-refractivity contribution < 1.29 is 19.1 Å². The Morgan fingerprint density at radius 3 is 2.42 bits per heavy atom. The van der Waals surface area contributed by atoms with E-state index in [9.17, 15) is 9.59 Å². The number of nitrogens with zero attached hydrogens (tertiary/aromatic N) is 1. The van der Waals surface area contributed by atoms with E-state index in [-0.39, 0.29) is 12.6 Å². The Balaban J connectivity index is 2.82. The van der Waals surface area contributed by atoms with E-state index < -0.39 is 23.2 Å². The summed E-state index contributed by atoms with van der Waals surface area (Å²) in [4.78, 5) is 25.3. The molecule has 0 saturated carbocycles. The first-order valence-corrected chi connectivity index (χ1v) is 6.46. The molecule has 1 amide bonds. The molecule has 1 fully saturated rings. The van der Waals surface area contributed by atoms with Gasteiger partial charge in [-0.1, -0.05) is 0 Å². The monoisotopic (exact) mass is 272 g/mol. The van der Waals surface area contributed by atoms with E-state index in [1.54, 1.807) is 20.8 Å². The first-order valence-electron chi connectivity index (χ1n) is 6.46. The molecule has 0 spiro atoms. The molecule has 1 heterocycles. The average molecular weight is 272 g/mol. The van der Waals surface area contributed by atoms with Gasteiger partial charge in [0.1, 0.15) is 11.1 Å². The van der Waals surface area contributed by atoms with Gasteiger partial charge in [0, 0.05) is 6.04 Å². The predicted octanol–water partition coefficient (Wildman–Crippen LogP) is 1.28. The summed E-state index contributed by atoms with van der Waals surface area (Å²) >= 11 is 0. The van der Waals surface area contributed by atoms with E-state index in [1.165, 1.54) is 12.0 Å². The molecule has 0 bridgehead atoms. The van der Waals surface area contributed by atoms with E-state index in [2.05, 4.69) is 0 Å². The Morgan fingerprint density at radius 2 is 1.95 bits per heavy atom. The summed E-state index contributed by atoms with van der Waals surface area (Å²) in [6.45, 7) is 7.44. The number of carbonyl (C=O) groups is 2. The largest absolute Gasteiger partial charge is 0.468 e.